The lowest BCUT2D eigenvalue weighted by molar-refractivity contribution is 0.350. The van der Waals surface area contributed by atoms with Gasteiger partial charge in [0, 0.05) is 16.1 Å². The summed E-state index contributed by atoms with van der Waals surface area (Å²) >= 11 is 3.49. The molecule has 1 aromatic carbocycles. The Hall–Kier alpha value is -0.740. The van der Waals surface area contributed by atoms with Gasteiger partial charge in [-0.25, -0.2) is 0 Å². The average Bonchev–Trinajstić information content (AvgIpc) is 2.20. The highest BCUT2D eigenvalue weighted by molar-refractivity contribution is 9.10. The van der Waals surface area contributed by atoms with Crippen molar-refractivity contribution >= 4 is 15.9 Å². The third-order valence-corrected chi connectivity index (χ3v) is 2.86. The Kier molecular flexibility index (Phi) is 4.42. The van der Waals surface area contributed by atoms with Gasteiger partial charge in [0.25, 0.3) is 0 Å². The number of hydrogen-bond donors (Lipinski definition) is 1. The van der Waals surface area contributed by atoms with Crippen LogP contribution in [0.2, 0.25) is 0 Å². The lowest BCUT2D eigenvalue weighted by Gasteiger charge is -2.15. The number of ether oxygens (including phenoxy) is 2. The van der Waals surface area contributed by atoms with Gasteiger partial charge in [-0.1, -0.05) is 15.9 Å². The van der Waals surface area contributed by atoms with Crippen LogP contribution in [0.1, 0.15) is 12.5 Å². The van der Waals surface area contributed by atoms with E-state index in [-0.39, 0.29) is 6.04 Å². The maximum absolute atomic E-state index is 5.79. The fraction of sp³-hybridized carbons (Fsp3) is 0.455. The molecule has 2 N–H and O–H groups in total. The largest absolute Gasteiger partial charge is 0.493 e. The van der Waals surface area contributed by atoms with Crippen molar-refractivity contribution in [3.63, 3.8) is 0 Å². The molecule has 0 heterocycles. The summed E-state index contributed by atoms with van der Waals surface area (Å²) in [6, 6.07) is 3.90. The molecule has 84 valence electrons. The molecule has 0 aliphatic heterocycles. The second-order valence-electron chi connectivity index (χ2n) is 3.44. The minimum atomic E-state index is 0.0855. The summed E-state index contributed by atoms with van der Waals surface area (Å²) in [5, 5.41) is 0. The Morgan fingerprint density at radius 1 is 1.33 bits per heavy atom. The van der Waals surface area contributed by atoms with E-state index in [9.17, 15) is 0 Å². The lowest BCUT2D eigenvalue weighted by Crippen LogP contribution is -2.18. The third-order valence-electron chi connectivity index (χ3n) is 2.12. The van der Waals surface area contributed by atoms with Gasteiger partial charge in [0.1, 0.15) is 0 Å². The van der Waals surface area contributed by atoms with Crippen LogP contribution in [0.5, 0.6) is 11.5 Å². The molecule has 0 aromatic heterocycles. The van der Waals surface area contributed by atoms with Crippen LogP contribution in [0.4, 0.5) is 0 Å². The zero-order valence-corrected chi connectivity index (χ0v) is 10.8. The van der Waals surface area contributed by atoms with Crippen molar-refractivity contribution in [2.45, 2.75) is 19.4 Å². The number of nitrogens with two attached hydrogens (primary N) is 1. The summed E-state index contributed by atoms with van der Waals surface area (Å²) < 4.78 is 11.6. The van der Waals surface area contributed by atoms with Gasteiger partial charge in [-0.2, -0.15) is 0 Å². The van der Waals surface area contributed by atoms with Crippen molar-refractivity contribution in [2.24, 2.45) is 5.73 Å². The predicted molar refractivity (Wildman–Crippen MR) is 64.6 cm³/mol. The molecule has 0 saturated carbocycles. The Bertz CT molecular complexity index is 340. The van der Waals surface area contributed by atoms with Crippen LogP contribution in [0.15, 0.2) is 16.6 Å². The molecule has 0 aliphatic rings. The van der Waals surface area contributed by atoms with Gasteiger partial charge in [-0.15, -0.1) is 0 Å². The van der Waals surface area contributed by atoms with E-state index < -0.39 is 0 Å². The van der Waals surface area contributed by atoms with E-state index in [2.05, 4.69) is 15.9 Å². The minimum Gasteiger partial charge on any atom is -0.493 e. The van der Waals surface area contributed by atoms with Crippen LogP contribution in [0.25, 0.3) is 0 Å². The fourth-order valence-electron chi connectivity index (χ4n) is 1.48. The van der Waals surface area contributed by atoms with Gasteiger partial charge in [0.05, 0.1) is 14.2 Å². The van der Waals surface area contributed by atoms with Gasteiger partial charge >= 0.3 is 0 Å². The van der Waals surface area contributed by atoms with E-state index in [1.165, 1.54) is 0 Å². The molecule has 0 amide bonds. The summed E-state index contributed by atoms with van der Waals surface area (Å²) in [5.74, 6) is 1.49. The normalized spacial score (nSPS) is 12.3. The van der Waals surface area contributed by atoms with Gasteiger partial charge in [-0.3, -0.25) is 0 Å². The highest BCUT2D eigenvalue weighted by Crippen LogP contribution is 2.36. The summed E-state index contributed by atoms with van der Waals surface area (Å²) in [5.41, 5.74) is 6.84. The van der Waals surface area contributed by atoms with E-state index in [1.54, 1.807) is 14.2 Å². The first kappa shape index (κ1) is 12.3. The van der Waals surface area contributed by atoms with E-state index in [4.69, 9.17) is 15.2 Å². The molecule has 4 heteroatoms. The van der Waals surface area contributed by atoms with E-state index in [0.29, 0.717) is 0 Å². The lowest BCUT2D eigenvalue weighted by atomic mass is 10.1. The number of benzene rings is 1. The van der Waals surface area contributed by atoms with Gasteiger partial charge < -0.3 is 15.2 Å². The molecule has 0 bridgehead atoms. The number of hydrogen-bond acceptors (Lipinski definition) is 3. The number of rotatable bonds is 4. The smallest absolute Gasteiger partial charge is 0.165 e. The quantitative estimate of drug-likeness (QED) is 0.916. The third kappa shape index (κ3) is 2.86. The molecule has 0 aliphatic carbocycles. The van der Waals surface area contributed by atoms with Gasteiger partial charge in [0.2, 0.25) is 0 Å². The monoisotopic (exact) mass is 273 g/mol. The van der Waals surface area contributed by atoms with Crippen molar-refractivity contribution in [1.29, 1.82) is 0 Å². The maximum atomic E-state index is 5.79. The zero-order valence-electron chi connectivity index (χ0n) is 9.21. The molecule has 0 fully saturated rings. The first-order valence-electron chi connectivity index (χ1n) is 4.75. The standard InChI is InChI=1S/C11H16BrNO2/c1-7(13)6-8-9(12)4-5-10(14-2)11(8)15-3/h4-5,7H,6,13H2,1-3H3/t7-/m1/s1. The molecule has 1 rings (SSSR count). The van der Waals surface area contributed by atoms with Crippen molar-refractivity contribution in [2.75, 3.05) is 14.2 Å². The SMILES string of the molecule is COc1ccc(Br)c(C[C@@H](C)N)c1OC. The Morgan fingerprint density at radius 3 is 2.47 bits per heavy atom. The first-order chi connectivity index (χ1) is 7.10. The molecule has 1 aromatic rings. The molecule has 0 radical (unpaired) electrons. The second kappa shape index (κ2) is 5.37. The minimum absolute atomic E-state index is 0.0855. The van der Waals surface area contributed by atoms with Crippen LogP contribution in [0.3, 0.4) is 0 Å². The van der Waals surface area contributed by atoms with Crippen LogP contribution >= 0.6 is 15.9 Å². The van der Waals surface area contributed by atoms with Gasteiger partial charge in [-0.05, 0) is 25.5 Å². The van der Waals surface area contributed by atoms with E-state index in [1.807, 2.05) is 19.1 Å². The molecule has 15 heavy (non-hydrogen) atoms. The first-order valence-corrected chi connectivity index (χ1v) is 5.54. The van der Waals surface area contributed by atoms with Crippen LogP contribution in [-0.4, -0.2) is 20.3 Å². The molecule has 0 saturated heterocycles. The fourth-order valence-corrected chi connectivity index (χ4v) is 1.95. The summed E-state index contributed by atoms with van der Waals surface area (Å²) in [6.07, 6.45) is 0.751. The van der Waals surface area contributed by atoms with Crippen molar-refractivity contribution < 1.29 is 9.47 Å². The Labute approximate surface area is 98.7 Å². The van der Waals surface area contributed by atoms with E-state index in [0.717, 1.165) is 28.0 Å². The van der Waals surface area contributed by atoms with Crippen LogP contribution < -0.4 is 15.2 Å². The maximum Gasteiger partial charge on any atom is 0.165 e. The summed E-state index contributed by atoms with van der Waals surface area (Å²) in [4.78, 5) is 0. The molecular formula is C11H16BrNO2. The number of halogens is 1. The van der Waals surface area contributed by atoms with Crippen molar-refractivity contribution in [3.8, 4) is 11.5 Å². The zero-order chi connectivity index (χ0) is 11.4. The molecular weight excluding hydrogens is 258 g/mol. The van der Waals surface area contributed by atoms with Crippen LogP contribution in [0, 0.1) is 0 Å². The Morgan fingerprint density at radius 2 is 2.00 bits per heavy atom. The second-order valence-corrected chi connectivity index (χ2v) is 4.30. The highest BCUT2D eigenvalue weighted by Gasteiger charge is 2.14. The van der Waals surface area contributed by atoms with Crippen molar-refractivity contribution in [3.05, 3.63) is 22.2 Å². The summed E-state index contributed by atoms with van der Waals surface area (Å²) in [6.45, 7) is 1.96. The molecule has 3 nitrogen and oxygen atoms in total. The Balaban J connectivity index is 3.19. The number of methoxy groups -OCH3 is 2. The summed E-state index contributed by atoms with van der Waals surface area (Å²) in [7, 11) is 3.26. The van der Waals surface area contributed by atoms with Crippen molar-refractivity contribution in [1.82, 2.24) is 0 Å². The molecule has 0 spiro atoms. The van der Waals surface area contributed by atoms with Gasteiger partial charge in [0.15, 0.2) is 11.5 Å². The predicted octanol–water partition coefficient (Wildman–Crippen LogP) is 2.36. The topological polar surface area (TPSA) is 44.5 Å². The molecule has 1 atom stereocenters. The van der Waals surface area contributed by atoms with E-state index >= 15 is 0 Å². The average molecular weight is 274 g/mol. The molecule has 0 unspecified atom stereocenters. The van der Waals surface area contributed by atoms with Crippen LogP contribution in [-0.2, 0) is 6.42 Å². The highest BCUT2D eigenvalue weighted by atomic mass is 79.9.